The molecule has 0 aliphatic carbocycles. The van der Waals surface area contributed by atoms with Crippen LogP contribution >= 0.6 is 0 Å². The smallest absolute Gasteiger partial charge is 0.268 e. The second-order valence-corrected chi connectivity index (χ2v) is 5.32. The largest absolute Gasteiger partial charge is 0.396 e. The monoisotopic (exact) mass is 304 g/mol. The van der Waals surface area contributed by atoms with Crippen LogP contribution in [0, 0.1) is 0 Å². The third-order valence-corrected chi connectivity index (χ3v) is 3.87. The summed E-state index contributed by atoms with van der Waals surface area (Å²) in [6.45, 7) is 3.25. The average Bonchev–Trinajstić information content (AvgIpc) is 2.91. The van der Waals surface area contributed by atoms with Gasteiger partial charge in [-0.3, -0.25) is 4.79 Å². The van der Waals surface area contributed by atoms with Gasteiger partial charge in [0.05, 0.1) is 6.61 Å². The standard InChI is InChI=1S/C17H24N2O3/c1-3-14(8-10-20)18-17(21)16-12-13-6-4-5-7-15(13)19(16)9-11-22-2/h4-7,12,14,20H,3,8-11H2,1-2H3,(H,18,21). The van der Waals surface area contributed by atoms with Gasteiger partial charge in [-0.05, 0) is 25.0 Å². The number of methoxy groups -OCH3 is 1. The Balaban J connectivity index is 2.30. The lowest BCUT2D eigenvalue weighted by Gasteiger charge is -2.17. The van der Waals surface area contributed by atoms with Gasteiger partial charge in [0, 0.05) is 37.2 Å². The SMILES string of the molecule is CCC(CCO)NC(=O)c1cc2ccccc2n1CCOC. The summed E-state index contributed by atoms with van der Waals surface area (Å²) in [6.07, 6.45) is 1.37. The molecule has 1 aromatic carbocycles. The van der Waals surface area contributed by atoms with Gasteiger partial charge in [0.1, 0.15) is 5.69 Å². The molecule has 0 aliphatic heterocycles. The fourth-order valence-corrected chi connectivity index (χ4v) is 2.62. The lowest BCUT2D eigenvalue weighted by Crippen LogP contribution is -2.36. The number of para-hydroxylation sites is 1. The highest BCUT2D eigenvalue weighted by molar-refractivity contribution is 5.98. The van der Waals surface area contributed by atoms with E-state index in [1.807, 2.05) is 41.8 Å². The Hall–Kier alpha value is -1.85. The molecule has 0 fully saturated rings. The quantitative estimate of drug-likeness (QED) is 0.785. The number of carbonyl (C=O) groups is 1. The average molecular weight is 304 g/mol. The maximum atomic E-state index is 12.6. The zero-order chi connectivity index (χ0) is 15.9. The summed E-state index contributed by atoms with van der Waals surface area (Å²) >= 11 is 0. The number of ether oxygens (including phenoxy) is 1. The molecule has 2 rings (SSSR count). The van der Waals surface area contributed by atoms with Crippen molar-refractivity contribution < 1.29 is 14.6 Å². The molecule has 22 heavy (non-hydrogen) atoms. The Bertz CT molecular complexity index is 621. The zero-order valence-electron chi connectivity index (χ0n) is 13.2. The van der Waals surface area contributed by atoms with Crippen molar-refractivity contribution in [3.8, 4) is 0 Å². The fourth-order valence-electron chi connectivity index (χ4n) is 2.62. The van der Waals surface area contributed by atoms with Crippen LogP contribution in [0.2, 0.25) is 0 Å². The maximum absolute atomic E-state index is 12.6. The predicted octanol–water partition coefficient (Wildman–Crippen LogP) is 2.18. The Morgan fingerprint density at radius 1 is 1.41 bits per heavy atom. The number of carbonyl (C=O) groups excluding carboxylic acids is 1. The molecule has 1 atom stereocenters. The van der Waals surface area contributed by atoms with Crippen LogP contribution in [0.4, 0.5) is 0 Å². The summed E-state index contributed by atoms with van der Waals surface area (Å²) in [5, 5.41) is 13.1. The number of hydrogen-bond acceptors (Lipinski definition) is 3. The summed E-state index contributed by atoms with van der Waals surface area (Å²) in [5.41, 5.74) is 1.66. The van der Waals surface area contributed by atoms with E-state index in [4.69, 9.17) is 9.84 Å². The zero-order valence-corrected chi connectivity index (χ0v) is 13.2. The highest BCUT2D eigenvalue weighted by Gasteiger charge is 2.17. The van der Waals surface area contributed by atoms with Crippen LogP contribution < -0.4 is 5.32 Å². The number of hydrogen-bond donors (Lipinski definition) is 2. The first-order chi connectivity index (χ1) is 10.7. The van der Waals surface area contributed by atoms with Gasteiger partial charge in [0.25, 0.3) is 5.91 Å². The molecule has 2 aromatic rings. The molecular formula is C17H24N2O3. The minimum absolute atomic E-state index is 0.00797. The van der Waals surface area contributed by atoms with Crippen molar-refractivity contribution in [3.63, 3.8) is 0 Å². The Morgan fingerprint density at radius 3 is 2.86 bits per heavy atom. The molecule has 120 valence electrons. The van der Waals surface area contributed by atoms with Crippen LogP contribution in [0.5, 0.6) is 0 Å². The van der Waals surface area contributed by atoms with Gasteiger partial charge < -0.3 is 19.7 Å². The van der Waals surface area contributed by atoms with Gasteiger partial charge in [-0.2, -0.15) is 0 Å². The summed E-state index contributed by atoms with van der Waals surface area (Å²) in [4.78, 5) is 12.6. The van der Waals surface area contributed by atoms with E-state index in [9.17, 15) is 4.79 Å². The molecule has 5 heteroatoms. The van der Waals surface area contributed by atoms with Gasteiger partial charge in [0.15, 0.2) is 0 Å². The fraction of sp³-hybridized carbons (Fsp3) is 0.471. The van der Waals surface area contributed by atoms with E-state index in [-0.39, 0.29) is 18.6 Å². The van der Waals surface area contributed by atoms with E-state index in [0.717, 1.165) is 17.3 Å². The van der Waals surface area contributed by atoms with Crippen molar-refractivity contribution in [3.05, 3.63) is 36.0 Å². The molecule has 1 unspecified atom stereocenters. The van der Waals surface area contributed by atoms with Crippen molar-refractivity contribution >= 4 is 16.8 Å². The summed E-state index contributed by atoms with van der Waals surface area (Å²) < 4.78 is 7.14. The number of nitrogens with zero attached hydrogens (tertiary/aromatic N) is 1. The Morgan fingerprint density at radius 2 is 2.18 bits per heavy atom. The van der Waals surface area contributed by atoms with Gasteiger partial charge in [-0.1, -0.05) is 25.1 Å². The number of benzene rings is 1. The molecule has 0 radical (unpaired) electrons. The van der Waals surface area contributed by atoms with E-state index in [2.05, 4.69) is 5.32 Å². The van der Waals surface area contributed by atoms with Crippen molar-refractivity contribution in [2.24, 2.45) is 0 Å². The third-order valence-electron chi connectivity index (χ3n) is 3.87. The number of aromatic nitrogens is 1. The van der Waals surface area contributed by atoms with Gasteiger partial charge in [0.2, 0.25) is 0 Å². The molecule has 0 spiro atoms. The van der Waals surface area contributed by atoms with Crippen molar-refractivity contribution in [2.45, 2.75) is 32.4 Å². The van der Waals surface area contributed by atoms with Crippen molar-refractivity contribution in [1.29, 1.82) is 0 Å². The van der Waals surface area contributed by atoms with Crippen LogP contribution in [-0.4, -0.2) is 41.9 Å². The molecule has 5 nitrogen and oxygen atoms in total. The number of aliphatic hydroxyl groups is 1. The first-order valence-electron chi connectivity index (χ1n) is 7.70. The third kappa shape index (κ3) is 3.67. The van der Waals surface area contributed by atoms with E-state index >= 15 is 0 Å². The molecule has 0 aliphatic rings. The van der Waals surface area contributed by atoms with Crippen molar-refractivity contribution in [1.82, 2.24) is 9.88 Å². The predicted molar refractivity (Wildman–Crippen MR) is 87.1 cm³/mol. The summed E-state index contributed by atoms with van der Waals surface area (Å²) in [7, 11) is 1.65. The second-order valence-electron chi connectivity index (χ2n) is 5.32. The van der Waals surface area contributed by atoms with Crippen LogP contribution in [0.15, 0.2) is 30.3 Å². The molecule has 0 saturated heterocycles. The molecule has 1 amide bonds. The van der Waals surface area contributed by atoms with Gasteiger partial charge in [-0.15, -0.1) is 0 Å². The molecule has 0 bridgehead atoms. The van der Waals surface area contributed by atoms with Crippen molar-refractivity contribution in [2.75, 3.05) is 20.3 Å². The highest BCUT2D eigenvalue weighted by atomic mass is 16.5. The molecular weight excluding hydrogens is 280 g/mol. The number of nitrogens with one attached hydrogen (secondary N) is 1. The number of rotatable bonds is 8. The minimum atomic E-state index is -0.104. The number of fused-ring (bicyclic) bond motifs is 1. The normalized spacial score (nSPS) is 12.5. The van der Waals surface area contributed by atoms with Gasteiger partial charge in [-0.25, -0.2) is 0 Å². The molecule has 1 aromatic heterocycles. The number of aliphatic hydroxyl groups excluding tert-OH is 1. The van der Waals surface area contributed by atoms with Crippen LogP contribution in [-0.2, 0) is 11.3 Å². The highest BCUT2D eigenvalue weighted by Crippen LogP contribution is 2.20. The molecule has 0 saturated carbocycles. The lowest BCUT2D eigenvalue weighted by atomic mass is 10.1. The second kappa shape index (κ2) is 7.96. The summed E-state index contributed by atoms with van der Waals surface area (Å²) in [5.74, 6) is -0.104. The molecule has 2 N–H and O–H groups in total. The van der Waals surface area contributed by atoms with E-state index in [1.54, 1.807) is 7.11 Å². The maximum Gasteiger partial charge on any atom is 0.268 e. The first-order valence-corrected chi connectivity index (χ1v) is 7.70. The van der Waals surface area contributed by atoms with Crippen LogP contribution in [0.3, 0.4) is 0 Å². The van der Waals surface area contributed by atoms with Crippen LogP contribution in [0.1, 0.15) is 30.3 Å². The topological polar surface area (TPSA) is 63.5 Å². The first kappa shape index (κ1) is 16.5. The minimum Gasteiger partial charge on any atom is -0.396 e. The van der Waals surface area contributed by atoms with Gasteiger partial charge >= 0.3 is 0 Å². The van der Waals surface area contributed by atoms with Crippen LogP contribution in [0.25, 0.3) is 10.9 Å². The Labute approximate surface area is 130 Å². The number of amides is 1. The van der Waals surface area contributed by atoms with E-state index in [1.165, 1.54) is 0 Å². The lowest BCUT2D eigenvalue weighted by molar-refractivity contribution is 0.0917. The molecule has 1 heterocycles. The van der Waals surface area contributed by atoms with E-state index in [0.29, 0.717) is 25.3 Å². The Kier molecular flexibility index (Phi) is 5.98. The van der Waals surface area contributed by atoms with E-state index < -0.39 is 0 Å². The summed E-state index contributed by atoms with van der Waals surface area (Å²) in [6, 6.07) is 9.84.